The first kappa shape index (κ1) is 19.6. The van der Waals surface area contributed by atoms with Crippen LogP contribution in [0.2, 0.25) is 5.02 Å². The van der Waals surface area contributed by atoms with Gasteiger partial charge in [-0.05, 0) is 48.9 Å². The maximum absolute atomic E-state index is 12.3. The third-order valence-electron chi connectivity index (χ3n) is 3.87. The molecule has 1 aromatic heterocycles. The Labute approximate surface area is 174 Å². The van der Waals surface area contributed by atoms with Crippen molar-refractivity contribution in [3.63, 3.8) is 0 Å². The van der Waals surface area contributed by atoms with Gasteiger partial charge in [0.2, 0.25) is 4.80 Å². The molecule has 4 nitrogen and oxygen atoms in total. The minimum Gasteiger partial charge on any atom is -0.311 e. The molecular formula is C20H17BrClN3OS. The van der Waals surface area contributed by atoms with E-state index < -0.39 is 0 Å². The highest BCUT2D eigenvalue weighted by molar-refractivity contribution is 9.10. The lowest BCUT2D eigenvalue weighted by Crippen LogP contribution is -2.24. The Balaban J connectivity index is 1.97. The van der Waals surface area contributed by atoms with Crippen LogP contribution in [-0.2, 0) is 6.54 Å². The van der Waals surface area contributed by atoms with Crippen LogP contribution in [0.1, 0.15) is 15.2 Å². The Hall–Kier alpha value is -2.15. The van der Waals surface area contributed by atoms with Crippen molar-refractivity contribution in [2.24, 2.45) is 5.10 Å². The fraction of sp³-hybridized carbons (Fsp3) is 0.100. The van der Waals surface area contributed by atoms with Gasteiger partial charge in [0.1, 0.15) is 0 Å². The number of nitrogens with one attached hydrogen (secondary N) is 1. The van der Waals surface area contributed by atoms with Crippen LogP contribution in [0.25, 0.3) is 11.3 Å². The van der Waals surface area contributed by atoms with Crippen molar-refractivity contribution >= 4 is 44.8 Å². The Kier molecular flexibility index (Phi) is 6.31. The molecule has 0 aliphatic heterocycles. The summed E-state index contributed by atoms with van der Waals surface area (Å²) in [5.41, 5.74) is 5.26. The number of hydrogen-bond acceptors (Lipinski definition) is 3. The summed E-state index contributed by atoms with van der Waals surface area (Å²) in [6, 6.07) is 14.8. The number of rotatable bonds is 5. The lowest BCUT2D eigenvalue weighted by atomic mass is 10.1. The molecule has 0 aliphatic carbocycles. The van der Waals surface area contributed by atoms with Crippen molar-refractivity contribution in [2.45, 2.75) is 13.5 Å². The highest BCUT2D eigenvalue weighted by Crippen LogP contribution is 2.26. The monoisotopic (exact) mass is 461 g/mol. The van der Waals surface area contributed by atoms with Crippen molar-refractivity contribution in [2.75, 3.05) is 0 Å². The second kappa shape index (κ2) is 8.69. The topological polar surface area (TPSA) is 46.4 Å². The van der Waals surface area contributed by atoms with Gasteiger partial charge in [0, 0.05) is 26.5 Å². The minimum absolute atomic E-state index is 0.258. The molecule has 1 amide bonds. The molecule has 0 fully saturated rings. The maximum Gasteiger partial charge on any atom is 0.271 e. The third kappa shape index (κ3) is 4.58. The summed E-state index contributed by atoms with van der Waals surface area (Å²) >= 11 is 10.9. The van der Waals surface area contributed by atoms with Gasteiger partial charge in [0.05, 0.1) is 5.69 Å². The fourth-order valence-electron chi connectivity index (χ4n) is 2.64. The average molecular weight is 463 g/mol. The van der Waals surface area contributed by atoms with Gasteiger partial charge in [-0.3, -0.25) is 4.79 Å². The molecule has 0 aliphatic rings. The zero-order valence-electron chi connectivity index (χ0n) is 14.6. The Bertz CT molecular complexity index is 1040. The number of halogens is 2. The second-order valence-corrected chi connectivity index (χ2v) is 8.29. The number of amides is 1. The van der Waals surface area contributed by atoms with Crippen molar-refractivity contribution in [1.82, 2.24) is 9.99 Å². The van der Waals surface area contributed by atoms with Crippen LogP contribution >= 0.6 is 38.9 Å². The van der Waals surface area contributed by atoms with Gasteiger partial charge in [-0.1, -0.05) is 57.1 Å². The van der Waals surface area contributed by atoms with Crippen LogP contribution in [0.3, 0.4) is 0 Å². The summed E-state index contributed by atoms with van der Waals surface area (Å²) in [5, 5.41) is 5.03. The van der Waals surface area contributed by atoms with E-state index >= 15 is 0 Å². The largest absolute Gasteiger partial charge is 0.311 e. The lowest BCUT2D eigenvalue weighted by molar-refractivity contribution is 0.0953. The van der Waals surface area contributed by atoms with Crippen LogP contribution < -0.4 is 10.2 Å². The number of nitrogens with zero attached hydrogens (tertiary/aromatic N) is 2. The van der Waals surface area contributed by atoms with Crippen LogP contribution in [0, 0.1) is 6.92 Å². The quantitative estimate of drug-likeness (QED) is 0.402. The summed E-state index contributed by atoms with van der Waals surface area (Å²) < 4.78 is 2.94. The van der Waals surface area contributed by atoms with Crippen LogP contribution in [0.4, 0.5) is 0 Å². The summed E-state index contributed by atoms with van der Waals surface area (Å²) in [4.78, 5) is 14.1. The summed E-state index contributed by atoms with van der Waals surface area (Å²) in [5.74, 6) is -0.258. The molecule has 138 valence electrons. The number of carbonyl (C=O) groups excluding carboxylic acids is 1. The van der Waals surface area contributed by atoms with E-state index in [9.17, 15) is 4.79 Å². The van der Waals surface area contributed by atoms with Gasteiger partial charge >= 0.3 is 0 Å². The fourth-order valence-corrected chi connectivity index (χ4v) is 4.00. The zero-order chi connectivity index (χ0) is 19.4. The molecule has 3 aromatic rings. The molecular weight excluding hydrogens is 446 g/mol. The molecule has 1 heterocycles. The van der Waals surface area contributed by atoms with E-state index in [1.54, 1.807) is 18.2 Å². The van der Waals surface area contributed by atoms with Crippen molar-refractivity contribution in [1.29, 1.82) is 0 Å². The van der Waals surface area contributed by atoms with Crippen LogP contribution in [0.15, 0.2) is 70.8 Å². The standard InChI is InChI=1S/C20H17BrClN3OS/c1-3-12-25-18(14-6-10-17(22)11-7-14)13(2)27-20(25)24-23-19(26)15-4-8-16(21)9-5-15/h3-11H,1,12H2,2H3,(H,23,26)/b24-20-. The average Bonchev–Trinajstić information content (AvgIpc) is 2.97. The predicted molar refractivity (Wildman–Crippen MR) is 115 cm³/mol. The maximum atomic E-state index is 12.3. The molecule has 0 bridgehead atoms. The van der Waals surface area contributed by atoms with Gasteiger partial charge < -0.3 is 4.57 Å². The SMILES string of the molecule is C=CCn1c(-c2ccc(Cl)cc2)c(C)s/c1=N\NC(=O)c1ccc(Br)cc1. The number of hydrogen-bond donors (Lipinski definition) is 1. The molecule has 0 atom stereocenters. The van der Waals surface area contributed by atoms with Gasteiger partial charge in [0.15, 0.2) is 0 Å². The van der Waals surface area contributed by atoms with E-state index in [4.69, 9.17) is 11.6 Å². The van der Waals surface area contributed by atoms with Crippen LogP contribution in [-0.4, -0.2) is 10.5 Å². The second-order valence-electron chi connectivity index (χ2n) is 5.76. The number of thiazole rings is 1. The Morgan fingerprint density at radius 3 is 2.56 bits per heavy atom. The first-order valence-corrected chi connectivity index (χ1v) is 10.1. The predicted octanol–water partition coefficient (Wildman–Crippen LogP) is 5.37. The molecule has 0 saturated carbocycles. The highest BCUT2D eigenvalue weighted by Gasteiger charge is 2.12. The number of allylic oxidation sites excluding steroid dienone is 1. The van der Waals surface area contributed by atoms with Crippen molar-refractivity contribution < 1.29 is 4.79 Å². The molecule has 0 unspecified atom stereocenters. The van der Waals surface area contributed by atoms with Crippen LogP contribution in [0.5, 0.6) is 0 Å². The van der Waals surface area contributed by atoms with E-state index in [1.165, 1.54) is 11.3 Å². The number of aryl methyl sites for hydroxylation is 1. The van der Waals surface area contributed by atoms with E-state index in [0.29, 0.717) is 21.9 Å². The summed E-state index contributed by atoms with van der Waals surface area (Å²) in [7, 11) is 0. The molecule has 0 spiro atoms. The minimum atomic E-state index is -0.258. The summed E-state index contributed by atoms with van der Waals surface area (Å²) in [6.07, 6.45) is 1.81. The van der Waals surface area contributed by atoms with Crippen molar-refractivity contribution in [3.8, 4) is 11.3 Å². The first-order chi connectivity index (χ1) is 13.0. The van der Waals surface area contributed by atoms with E-state index in [1.807, 2.05) is 47.9 Å². The number of benzene rings is 2. The third-order valence-corrected chi connectivity index (χ3v) is 5.64. The Morgan fingerprint density at radius 2 is 1.93 bits per heavy atom. The number of carbonyl (C=O) groups is 1. The zero-order valence-corrected chi connectivity index (χ0v) is 17.7. The van der Waals surface area contributed by atoms with E-state index in [2.05, 4.69) is 33.0 Å². The van der Waals surface area contributed by atoms with Gasteiger partial charge in [-0.25, -0.2) is 5.43 Å². The van der Waals surface area contributed by atoms with Gasteiger partial charge in [0.25, 0.3) is 5.91 Å². The first-order valence-electron chi connectivity index (χ1n) is 8.16. The molecule has 1 N–H and O–H groups in total. The molecule has 27 heavy (non-hydrogen) atoms. The number of aromatic nitrogens is 1. The Morgan fingerprint density at radius 1 is 1.26 bits per heavy atom. The molecule has 0 saturated heterocycles. The highest BCUT2D eigenvalue weighted by atomic mass is 79.9. The van der Waals surface area contributed by atoms with E-state index in [-0.39, 0.29) is 5.91 Å². The lowest BCUT2D eigenvalue weighted by Gasteiger charge is -2.08. The smallest absolute Gasteiger partial charge is 0.271 e. The molecule has 3 rings (SSSR count). The van der Waals surface area contributed by atoms with Gasteiger partial charge in [-0.15, -0.1) is 11.7 Å². The van der Waals surface area contributed by atoms with Crippen molar-refractivity contribution in [3.05, 3.63) is 85.9 Å². The molecule has 2 aromatic carbocycles. The van der Waals surface area contributed by atoms with E-state index in [0.717, 1.165) is 20.6 Å². The van der Waals surface area contributed by atoms with Gasteiger partial charge in [-0.2, -0.15) is 0 Å². The normalized spacial score (nSPS) is 11.4. The molecule has 0 radical (unpaired) electrons. The summed E-state index contributed by atoms with van der Waals surface area (Å²) in [6.45, 7) is 6.45. The molecule has 7 heteroatoms.